The van der Waals surface area contributed by atoms with Crippen LogP contribution < -0.4 is 10.1 Å². The Hall–Kier alpha value is -2.53. The number of ether oxygens (including phenoxy) is 2. The van der Waals surface area contributed by atoms with E-state index in [9.17, 15) is 9.59 Å². The lowest BCUT2D eigenvalue weighted by atomic mass is 9.91. The molecular weight excluding hydrogens is 366 g/mol. The van der Waals surface area contributed by atoms with Gasteiger partial charge in [0.25, 0.3) is 5.91 Å². The van der Waals surface area contributed by atoms with Gasteiger partial charge in [-0.1, -0.05) is 23.7 Å². The van der Waals surface area contributed by atoms with E-state index in [1.54, 1.807) is 19.1 Å². The molecule has 0 radical (unpaired) electrons. The minimum atomic E-state index is -0.712. The zero-order valence-electron chi connectivity index (χ0n) is 15.4. The van der Waals surface area contributed by atoms with E-state index < -0.39 is 12.1 Å². The lowest BCUT2D eigenvalue weighted by Crippen LogP contribution is -2.30. The fourth-order valence-corrected chi connectivity index (χ4v) is 3.37. The van der Waals surface area contributed by atoms with Gasteiger partial charge in [0.1, 0.15) is 5.75 Å². The van der Waals surface area contributed by atoms with Crippen LogP contribution in [0.15, 0.2) is 36.4 Å². The number of aryl methyl sites for hydroxylation is 1. The summed E-state index contributed by atoms with van der Waals surface area (Å²) in [6, 6.07) is 10.6. The van der Waals surface area contributed by atoms with Gasteiger partial charge >= 0.3 is 5.97 Å². The molecule has 0 spiro atoms. The van der Waals surface area contributed by atoms with Crippen LogP contribution in [-0.4, -0.2) is 25.1 Å². The molecule has 1 N–H and O–H groups in total. The Kier molecular flexibility index (Phi) is 6.01. The highest BCUT2D eigenvalue weighted by Gasteiger charge is 2.20. The molecule has 2 aromatic rings. The van der Waals surface area contributed by atoms with Crippen molar-refractivity contribution >= 4 is 29.2 Å². The predicted octanol–water partition coefficient (Wildman–Crippen LogP) is 4.41. The minimum absolute atomic E-state index is 0.308. The number of esters is 1. The van der Waals surface area contributed by atoms with Crippen LogP contribution in [0, 0.1) is 0 Å². The third-order valence-electron chi connectivity index (χ3n) is 4.67. The Labute approximate surface area is 163 Å². The van der Waals surface area contributed by atoms with Crippen molar-refractivity contribution in [3.05, 3.63) is 58.1 Å². The Balaban J connectivity index is 1.73. The molecule has 5 nitrogen and oxygen atoms in total. The van der Waals surface area contributed by atoms with E-state index in [1.165, 1.54) is 30.7 Å². The maximum atomic E-state index is 12.6. The first-order valence-corrected chi connectivity index (χ1v) is 9.33. The first-order valence-electron chi connectivity index (χ1n) is 8.95. The number of carbonyl (C=O) groups is 2. The lowest BCUT2D eigenvalue weighted by Gasteiger charge is -2.22. The normalized spacial score (nSPS) is 14.0. The van der Waals surface area contributed by atoms with Gasteiger partial charge in [0.2, 0.25) is 0 Å². The first-order chi connectivity index (χ1) is 13.0. The Morgan fingerprint density at radius 3 is 2.70 bits per heavy atom. The molecule has 3 rings (SSSR count). The number of amides is 1. The second-order valence-electron chi connectivity index (χ2n) is 6.54. The number of benzene rings is 2. The maximum absolute atomic E-state index is 12.6. The van der Waals surface area contributed by atoms with Gasteiger partial charge in [0.05, 0.1) is 23.4 Å². The highest BCUT2D eigenvalue weighted by Crippen LogP contribution is 2.30. The van der Waals surface area contributed by atoms with Crippen molar-refractivity contribution in [3.63, 3.8) is 0 Å². The molecule has 142 valence electrons. The van der Waals surface area contributed by atoms with Crippen molar-refractivity contribution in [2.75, 3.05) is 12.4 Å². The average molecular weight is 388 g/mol. The quantitative estimate of drug-likeness (QED) is 0.772. The van der Waals surface area contributed by atoms with Crippen LogP contribution in [0.3, 0.4) is 0 Å². The zero-order valence-corrected chi connectivity index (χ0v) is 16.1. The van der Waals surface area contributed by atoms with Crippen molar-refractivity contribution in [1.29, 1.82) is 0 Å². The minimum Gasteiger partial charge on any atom is -0.481 e. The van der Waals surface area contributed by atoms with Gasteiger partial charge in [-0.05, 0) is 68.0 Å². The van der Waals surface area contributed by atoms with Crippen molar-refractivity contribution < 1.29 is 19.1 Å². The summed E-state index contributed by atoms with van der Waals surface area (Å²) >= 11 is 6.14. The number of hydrogen-bond donors (Lipinski definition) is 1. The average Bonchev–Trinajstić information content (AvgIpc) is 2.69. The molecule has 1 atom stereocenters. The van der Waals surface area contributed by atoms with Crippen molar-refractivity contribution in [2.24, 2.45) is 0 Å². The summed E-state index contributed by atoms with van der Waals surface area (Å²) in [4.78, 5) is 24.2. The monoisotopic (exact) mass is 387 g/mol. The number of fused-ring (bicyclic) bond motifs is 1. The first kappa shape index (κ1) is 19.2. The fraction of sp³-hybridized carbons (Fsp3) is 0.333. The Bertz CT molecular complexity index is 865. The molecule has 2 aromatic carbocycles. The second-order valence-corrected chi connectivity index (χ2v) is 6.94. The number of carbonyl (C=O) groups excluding carboxylic acids is 2. The SMILES string of the molecule is COC(=O)c1ccc(Cl)c(NC(=O)[C@@H](C)Oc2cccc3c2CCCC3)c1. The van der Waals surface area contributed by atoms with E-state index in [2.05, 4.69) is 11.4 Å². The van der Waals surface area contributed by atoms with Gasteiger partial charge in [0.15, 0.2) is 6.10 Å². The van der Waals surface area contributed by atoms with E-state index in [0.29, 0.717) is 16.3 Å². The predicted molar refractivity (Wildman–Crippen MR) is 105 cm³/mol. The summed E-state index contributed by atoms with van der Waals surface area (Å²) in [6.45, 7) is 1.69. The van der Waals surface area contributed by atoms with Gasteiger partial charge in [-0.2, -0.15) is 0 Å². The summed E-state index contributed by atoms with van der Waals surface area (Å²) in [5.41, 5.74) is 3.13. The second kappa shape index (κ2) is 8.44. The van der Waals surface area contributed by atoms with Gasteiger partial charge in [-0.25, -0.2) is 4.79 Å². The summed E-state index contributed by atoms with van der Waals surface area (Å²) in [7, 11) is 1.30. The molecule has 0 fully saturated rings. The molecular formula is C21H22ClNO4. The Morgan fingerprint density at radius 2 is 1.93 bits per heavy atom. The number of anilines is 1. The van der Waals surface area contributed by atoms with Crippen LogP contribution >= 0.6 is 11.6 Å². The van der Waals surface area contributed by atoms with E-state index in [4.69, 9.17) is 21.1 Å². The Morgan fingerprint density at radius 1 is 1.15 bits per heavy atom. The van der Waals surface area contributed by atoms with Crippen molar-refractivity contribution in [3.8, 4) is 5.75 Å². The van der Waals surface area contributed by atoms with Crippen molar-refractivity contribution in [2.45, 2.75) is 38.7 Å². The molecule has 0 saturated carbocycles. The van der Waals surface area contributed by atoms with Crippen LogP contribution in [0.25, 0.3) is 0 Å². The summed E-state index contributed by atoms with van der Waals surface area (Å²) in [5, 5.41) is 3.06. The fourth-order valence-electron chi connectivity index (χ4n) is 3.20. The van der Waals surface area contributed by atoms with Crippen LogP contribution in [0.4, 0.5) is 5.69 Å². The van der Waals surface area contributed by atoms with Gasteiger partial charge in [-0.15, -0.1) is 0 Å². The van der Waals surface area contributed by atoms with Crippen LogP contribution in [0.5, 0.6) is 5.75 Å². The van der Waals surface area contributed by atoms with E-state index >= 15 is 0 Å². The van der Waals surface area contributed by atoms with Gasteiger partial charge in [0, 0.05) is 0 Å². The third-order valence-corrected chi connectivity index (χ3v) is 5.00. The smallest absolute Gasteiger partial charge is 0.337 e. The number of nitrogens with one attached hydrogen (secondary N) is 1. The third kappa shape index (κ3) is 4.42. The van der Waals surface area contributed by atoms with E-state index in [0.717, 1.165) is 25.0 Å². The number of rotatable bonds is 5. The summed E-state index contributed by atoms with van der Waals surface area (Å²) < 4.78 is 10.6. The van der Waals surface area contributed by atoms with Crippen molar-refractivity contribution in [1.82, 2.24) is 0 Å². The highest BCUT2D eigenvalue weighted by atomic mass is 35.5. The molecule has 6 heteroatoms. The van der Waals surface area contributed by atoms with E-state index in [-0.39, 0.29) is 5.91 Å². The molecule has 0 saturated heterocycles. The highest BCUT2D eigenvalue weighted by molar-refractivity contribution is 6.33. The summed E-state index contributed by atoms with van der Waals surface area (Å²) in [6.07, 6.45) is 3.61. The van der Waals surface area contributed by atoms with Crippen LogP contribution in [-0.2, 0) is 22.4 Å². The molecule has 0 aromatic heterocycles. The molecule has 0 bridgehead atoms. The van der Waals surface area contributed by atoms with Gasteiger partial charge < -0.3 is 14.8 Å². The van der Waals surface area contributed by atoms with E-state index in [1.807, 2.05) is 12.1 Å². The van der Waals surface area contributed by atoms with Crippen LogP contribution in [0.2, 0.25) is 5.02 Å². The summed E-state index contributed by atoms with van der Waals surface area (Å²) in [5.74, 6) is -0.0843. The number of methoxy groups -OCH3 is 1. The number of hydrogen-bond acceptors (Lipinski definition) is 4. The van der Waals surface area contributed by atoms with Crippen LogP contribution in [0.1, 0.15) is 41.3 Å². The van der Waals surface area contributed by atoms with Gasteiger partial charge in [-0.3, -0.25) is 4.79 Å². The largest absolute Gasteiger partial charge is 0.481 e. The lowest BCUT2D eigenvalue weighted by molar-refractivity contribution is -0.122. The molecule has 1 aliphatic rings. The molecule has 0 heterocycles. The zero-order chi connectivity index (χ0) is 19.4. The molecule has 1 amide bonds. The maximum Gasteiger partial charge on any atom is 0.337 e. The topological polar surface area (TPSA) is 64.6 Å². The number of halogens is 1. The molecule has 27 heavy (non-hydrogen) atoms. The molecule has 0 unspecified atom stereocenters. The standard InChI is InChI=1S/C21H22ClNO4/c1-13(27-19-9-5-7-14-6-3-4-8-16(14)19)20(24)23-18-12-15(21(25)26-2)10-11-17(18)22/h5,7,9-13H,3-4,6,8H2,1-2H3,(H,23,24)/t13-/m1/s1. The molecule has 1 aliphatic carbocycles. The molecule has 0 aliphatic heterocycles.